The molecule has 0 aliphatic rings. The predicted octanol–water partition coefficient (Wildman–Crippen LogP) is 4.55. The summed E-state index contributed by atoms with van der Waals surface area (Å²) in [6.45, 7) is 1.80. The minimum atomic E-state index is -0.276. The average molecular weight is 296 g/mol. The van der Waals surface area contributed by atoms with Crippen LogP contribution >= 0.6 is 23.4 Å². The second-order valence-electron chi connectivity index (χ2n) is 4.00. The molecule has 0 saturated carbocycles. The molecule has 1 amide bonds. The standard InChI is InChI=1S/C14H14ClNO2S/c1-9(15)12-6-7-13(18-12)14(17)16-10-4-3-5-11(8-10)19-2/h3-9H,1-2H3,(H,16,17). The van der Waals surface area contributed by atoms with E-state index in [1.807, 2.05) is 30.5 Å². The Morgan fingerprint density at radius 2 is 2.16 bits per heavy atom. The Morgan fingerprint density at radius 1 is 1.37 bits per heavy atom. The van der Waals surface area contributed by atoms with Crippen LogP contribution in [0.15, 0.2) is 45.7 Å². The van der Waals surface area contributed by atoms with Crippen LogP contribution in [0.3, 0.4) is 0 Å². The molecule has 0 bridgehead atoms. The quantitative estimate of drug-likeness (QED) is 0.664. The molecule has 3 nitrogen and oxygen atoms in total. The Bertz CT molecular complexity index is 580. The molecule has 1 aromatic carbocycles. The lowest BCUT2D eigenvalue weighted by Gasteiger charge is -2.04. The van der Waals surface area contributed by atoms with Crippen molar-refractivity contribution in [2.24, 2.45) is 0 Å². The average Bonchev–Trinajstić information content (AvgIpc) is 2.89. The molecular weight excluding hydrogens is 282 g/mol. The smallest absolute Gasteiger partial charge is 0.291 e. The highest BCUT2D eigenvalue weighted by atomic mass is 35.5. The van der Waals surface area contributed by atoms with Crippen LogP contribution in [0, 0.1) is 0 Å². The van der Waals surface area contributed by atoms with Gasteiger partial charge in [-0.25, -0.2) is 0 Å². The molecule has 19 heavy (non-hydrogen) atoms. The number of anilines is 1. The zero-order chi connectivity index (χ0) is 13.8. The van der Waals surface area contributed by atoms with E-state index >= 15 is 0 Å². The summed E-state index contributed by atoms with van der Waals surface area (Å²) in [6, 6.07) is 11.0. The van der Waals surface area contributed by atoms with E-state index < -0.39 is 0 Å². The molecule has 100 valence electrons. The minimum absolute atomic E-state index is 0.249. The molecule has 1 N–H and O–H groups in total. The molecule has 1 aromatic heterocycles. The first-order valence-electron chi connectivity index (χ1n) is 5.79. The lowest BCUT2D eigenvalue weighted by Crippen LogP contribution is -2.10. The molecule has 0 spiro atoms. The topological polar surface area (TPSA) is 42.2 Å². The first-order chi connectivity index (χ1) is 9.10. The van der Waals surface area contributed by atoms with Crippen molar-refractivity contribution in [3.8, 4) is 0 Å². The van der Waals surface area contributed by atoms with Gasteiger partial charge in [0.15, 0.2) is 5.76 Å². The first-order valence-corrected chi connectivity index (χ1v) is 7.45. The normalized spacial score (nSPS) is 12.2. The van der Waals surface area contributed by atoms with Crippen molar-refractivity contribution in [1.82, 2.24) is 0 Å². The summed E-state index contributed by atoms with van der Waals surface area (Å²) in [4.78, 5) is 13.1. The van der Waals surface area contributed by atoms with Gasteiger partial charge in [0.05, 0.1) is 5.38 Å². The number of benzene rings is 1. The number of furan rings is 1. The van der Waals surface area contributed by atoms with Crippen LogP contribution in [0.2, 0.25) is 0 Å². The Kier molecular flexibility index (Phi) is 4.56. The number of carbonyl (C=O) groups excluding carboxylic acids is 1. The van der Waals surface area contributed by atoms with Gasteiger partial charge < -0.3 is 9.73 Å². The minimum Gasteiger partial charge on any atom is -0.454 e. The highest BCUT2D eigenvalue weighted by Crippen LogP contribution is 2.23. The van der Waals surface area contributed by atoms with Gasteiger partial charge in [0.1, 0.15) is 5.76 Å². The van der Waals surface area contributed by atoms with Gasteiger partial charge in [-0.1, -0.05) is 6.07 Å². The van der Waals surface area contributed by atoms with Crippen molar-refractivity contribution in [2.75, 3.05) is 11.6 Å². The maximum Gasteiger partial charge on any atom is 0.291 e. The summed E-state index contributed by atoms with van der Waals surface area (Å²) in [5.74, 6) is 0.573. The number of thioether (sulfide) groups is 1. The monoisotopic (exact) mass is 295 g/mol. The number of halogens is 1. The molecule has 1 unspecified atom stereocenters. The largest absolute Gasteiger partial charge is 0.454 e. The third-order valence-corrected chi connectivity index (χ3v) is 3.51. The van der Waals surface area contributed by atoms with Gasteiger partial charge in [-0.2, -0.15) is 0 Å². The molecule has 1 atom stereocenters. The van der Waals surface area contributed by atoms with Crippen LogP contribution in [0.4, 0.5) is 5.69 Å². The van der Waals surface area contributed by atoms with Gasteiger partial charge in [-0.15, -0.1) is 23.4 Å². The van der Waals surface area contributed by atoms with Gasteiger partial charge >= 0.3 is 0 Å². The summed E-state index contributed by atoms with van der Waals surface area (Å²) in [5, 5.41) is 2.55. The molecule has 2 aromatic rings. The zero-order valence-corrected chi connectivity index (χ0v) is 12.2. The molecular formula is C14H14ClNO2S. The second-order valence-corrected chi connectivity index (χ2v) is 5.54. The van der Waals surface area contributed by atoms with Crippen molar-refractivity contribution in [1.29, 1.82) is 0 Å². The number of carbonyl (C=O) groups is 1. The van der Waals surface area contributed by atoms with Gasteiger partial charge in [0.25, 0.3) is 5.91 Å². The Balaban J connectivity index is 2.11. The molecule has 0 radical (unpaired) electrons. The third kappa shape index (κ3) is 3.55. The van der Waals surface area contributed by atoms with E-state index in [9.17, 15) is 4.79 Å². The molecule has 1 heterocycles. The van der Waals surface area contributed by atoms with Crippen molar-refractivity contribution in [2.45, 2.75) is 17.2 Å². The summed E-state index contributed by atoms with van der Waals surface area (Å²) < 4.78 is 5.39. The van der Waals surface area contributed by atoms with E-state index in [1.54, 1.807) is 30.8 Å². The van der Waals surface area contributed by atoms with Crippen molar-refractivity contribution < 1.29 is 9.21 Å². The Labute approximate surface area is 121 Å². The van der Waals surface area contributed by atoms with Gasteiger partial charge in [-0.05, 0) is 43.5 Å². The van der Waals surface area contributed by atoms with Crippen LogP contribution in [-0.2, 0) is 0 Å². The van der Waals surface area contributed by atoms with E-state index in [4.69, 9.17) is 16.0 Å². The highest BCUT2D eigenvalue weighted by molar-refractivity contribution is 7.98. The van der Waals surface area contributed by atoms with E-state index in [-0.39, 0.29) is 17.0 Å². The molecule has 0 aliphatic heterocycles. The fourth-order valence-corrected chi connectivity index (χ4v) is 2.16. The first kappa shape index (κ1) is 14.0. The second kappa shape index (κ2) is 6.17. The lowest BCUT2D eigenvalue weighted by molar-refractivity contribution is 0.0995. The molecule has 5 heteroatoms. The zero-order valence-electron chi connectivity index (χ0n) is 10.6. The fraction of sp³-hybridized carbons (Fsp3) is 0.214. The summed E-state index contributed by atoms with van der Waals surface area (Å²) in [6.07, 6.45) is 1.99. The van der Waals surface area contributed by atoms with E-state index in [2.05, 4.69) is 5.32 Å². The summed E-state index contributed by atoms with van der Waals surface area (Å²) in [7, 11) is 0. The predicted molar refractivity (Wildman–Crippen MR) is 79.2 cm³/mol. The van der Waals surface area contributed by atoms with Gasteiger partial charge in [-0.3, -0.25) is 4.79 Å². The van der Waals surface area contributed by atoms with Crippen LogP contribution in [0.1, 0.15) is 28.6 Å². The highest BCUT2D eigenvalue weighted by Gasteiger charge is 2.13. The van der Waals surface area contributed by atoms with Gasteiger partial charge in [0, 0.05) is 10.6 Å². The van der Waals surface area contributed by atoms with Crippen molar-refractivity contribution >= 4 is 35.0 Å². The number of hydrogen-bond acceptors (Lipinski definition) is 3. The van der Waals surface area contributed by atoms with E-state index in [0.717, 1.165) is 10.6 Å². The number of alkyl halides is 1. The van der Waals surface area contributed by atoms with E-state index in [0.29, 0.717) is 5.76 Å². The third-order valence-electron chi connectivity index (χ3n) is 2.57. The maximum atomic E-state index is 12.0. The van der Waals surface area contributed by atoms with Gasteiger partial charge in [0.2, 0.25) is 0 Å². The number of amides is 1. The van der Waals surface area contributed by atoms with Crippen molar-refractivity contribution in [3.63, 3.8) is 0 Å². The van der Waals surface area contributed by atoms with Crippen LogP contribution in [0.25, 0.3) is 0 Å². The molecule has 2 rings (SSSR count). The molecule has 0 aliphatic carbocycles. The Hall–Kier alpha value is -1.39. The summed E-state index contributed by atoms with van der Waals surface area (Å²) in [5.41, 5.74) is 0.744. The molecule has 0 saturated heterocycles. The van der Waals surface area contributed by atoms with Crippen LogP contribution < -0.4 is 5.32 Å². The van der Waals surface area contributed by atoms with Crippen molar-refractivity contribution in [3.05, 3.63) is 47.9 Å². The summed E-state index contributed by atoms with van der Waals surface area (Å²) >= 11 is 7.51. The Morgan fingerprint density at radius 3 is 2.79 bits per heavy atom. The fourth-order valence-electron chi connectivity index (χ4n) is 1.58. The number of rotatable bonds is 4. The number of nitrogens with one attached hydrogen (secondary N) is 1. The lowest BCUT2D eigenvalue weighted by atomic mass is 10.3. The van der Waals surface area contributed by atoms with Crippen LogP contribution in [0.5, 0.6) is 0 Å². The van der Waals surface area contributed by atoms with Crippen LogP contribution in [-0.4, -0.2) is 12.2 Å². The number of hydrogen-bond donors (Lipinski definition) is 1. The maximum absolute atomic E-state index is 12.0. The van der Waals surface area contributed by atoms with E-state index in [1.165, 1.54) is 0 Å². The molecule has 0 fully saturated rings. The SMILES string of the molecule is CSc1cccc(NC(=O)c2ccc(C(C)Cl)o2)c1.